The van der Waals surface area contributed by atoms with Crippen LogP contribution in [0.5, 0.6) is 17.2 Å². The summed E-state index contributed by atoms with van der Waals surface area (Å²) in [7, 11) is 0. The van der Waals surface area contributed by atoms with E-state index in [2.05, 4.69) is 0 Å². The van der Waals surface area contributed by atoms with E-state index in [0.29, 0.717) is 70.3 Å². The maximum absolute atomic E-state index is 13.5. The standard InChI is InChI=1S/C26H22O7/c1-3-16-12-18-22(14-21(16)33-26(28)20-6-4-9-30-20)32-15(2)24(25(18)27)17-7-8-19-23(13-17)31-11-5-10-29-19/h4,6-9,12-14H,3,5,10-11H2,1-2H3. The first-order chi connectivity index (χ1) is 16.0. The van der Waals surface area contributed by atoms with Crippen LogP contribution in [0.3, 0.4) is 0 Å². The molecule has 2 aromatic heterocycles. The van der Waals surface area contributed by atoms with Crippen molar-refractivity contribution in [1.82, 2.24) is 0 Å². The minimum absolute atomic E-state index is 0.0968. The molecule has 1 aliphatic rings. The van der Waals surface area contributed by atoms with Crippen LogP contribution in [0.4, 0.5) is 0 Å². The quantitative estimate of drug-likeness (QED) is 0.310. The third-order valence-corrected chi connectivity index (χ3v) is 5.59. The molecule has 1 aliphatic heterocycles. The molecule has 0 bridgehead atoms. The molecule has 0 amide bonds. The average Bonchev–Trinajstić information content (AvgIpc) is 3.25. The highest BCUT2D eigenvalue weighted by Crippen LogP contribution is 2.35. The van der Waals surface area contributed by atoms with Crippen LogP contribution in [0, 0.1) is 6.92 Å². The normalized spacial score (nSPS) is 13.0. The van der Waals surface area contributed by atoms with Crippen molar-refractivity contribution < 1.29 is 27.8 Å². The monoisotopic (exact) mass is 446 g/mol. The molecule has 5 rings (SSSR count). The molecule has 7 nitrogen and oxygen atoms in total. The maximum Gasteiger partial charge on any atom is 0.379 e. The molecule has 7 heteroatoms. The molecule has 0 radical (unpaired) electrons. The van der Waals surface area contributed by atoms with Crippen molar-refractivity contribution in [3.63, 3.8) is 0 Å². The highest BCUT2D eigenvalue weighted by Gasteiger charge is 2.20. The number of benzene rings is 2. The molecule has 0 fully saturated rings. The van der Waals surface area contributed by atoms with Gasteiger partial charge < -0.3 is 23.0 Å². The maximum atomic E-state index is 13.5. The number of hydrogen-bond acceptors (Lipinski definition) is 7. The van der Waals surface area contributed by atoms with Crippen LogP contribution in [0.25, 0.3) is 22.1 Å². The fourth-order valence-electron chi connectivity index (χ4n) is 3.95. The van der Waals surface area contributed by atoms with Crippen molar-refractivity contribution >= 4 is 16.9 Å². The van der Waals surface area contributed by atoms with Gasteiger partial charge in [-0.1, -0.05) is 13.0 Å². The molecule has 0 saturated carbocycles. The molecule has 0 atom stereocenters. The lowest BCUT2D eigenvalue weighted by Crippen LogP contribution is -2.11. The van der Waals surface area contributed by atoms with E-state index in [9.17, 15) is 9.59 Å². The molecule has 3 heterocycles. The summed E-state index contributed by atoms with van der Waals surface area (Å²) in [6.07, 6.45) is 2.76. The summed E-state index contributed by atoms with van der Waals surface area (Å²) >= 11 is 0. The van der Waals surface area contributed by atoms with E-state index in [1.807, 2.05) is 25.1 Å². The third-order valence-electron chi connectivity index (χ3n) is 5.59. The van der Waals surface area contributed by atoms with Crippen molar-refractivity contribution in [2.75, 3.05) is 13.2 Å². The summed E-state index contributed by atoms with van der Waals surface area (Å²) in [5.41, 5.74) is 2.04. The Kier molecular flexibility index (Phi) is 5.38. The molecular formula is C26H22O7. The van der Waals surface area contributed by atoms with Gasteiger partial charge in [0.25, 0.3) is 0 Å². The fraction of sp³-hybridized carbons (Fsp3) is 0.231. The van der Waals surface area contributed by atoms with E-state index in [1.165, 1.54) is 12.3 Å². The van der Waals surface area contributed by atoms with E-state index in [0.717, 1.165) is 6.42 Å². The van der Waals surface area contributed by atoms with Crippen LogP contribution in [0.2, 0.25) is 0 Å². The van der Waals surface area contributed by atoms with Crippen LogP contribution >= 0.6 is 0 Å². The van der Waals surface area contributed by atoms with Crippen molar-refractivity contribution in [1.29, 1.82) is 0 Å². The smallest absolute Gasteiger partial charge is 0.379 e. The predicted octanol–water partition coefficient (Wildman–Crippen LogP) is 5.30. The van der Waals surface area contributed by atoms with E-state index in [-0.39, 0.29) is 11.2 Å². The number of carbonyl (C=O) groups excluding carboxylic acids is 1. The number of ether oxygens (including phenoxy) is 3. The SMILES string of the molecule is CCc1cc2c(=O)c(-c3ccc4c(c3)OCCCO4)c(C)oc2cc1OC(=O)c1ccco1. The zero-order valence-electron chi connectivity index (χ0n) is 18.3. The molecule has 0 N–H and O–H groups in total. The van der Waals surface area contributed by atoms with E-state index in [4.69, 9.17) is 23.0 Å². The lowest BCUT2D eigenvalue weighted by molar-refractivity contribution is 0.0700. The van der Waals surface area contributed by atoms with Crippen LogP contribution in [0.1, 0.15) is 35.2 Å². The Morgan fingerprint density at radius 1 is 1.06 bits per heavy atom. The van der Waals surface area contributed by atoms with E-state index >= 15 is 0 Å². The van der Waals surface area contributed by atoms with Gasteiger partial charge >= 0.3 is 5.97 Å². The number of fused-ring (bicyclic) bond motifs is 2. The van der Waals surface area contributed by atoms with Gasteiger partial charge in [0.2, 0.25) is 11.2 Å². The van der Waals surface area contributed by atoms with Gasteiger partial charge in [0.15, 0.2) is 11.5 Å². The Morgan fingerprint density at radius 3 is 2.64 bits per heavy atom. The van der Waals surface area contributed by atoms with Gasteiger partial charge in [-0.05, 0) is 54.8 Å². The summed E-state index contributed by atoms with van der Waals surface area (Å²) in [4.78, 5) is 25.9. The zero-order chi connectivity index (χ0) is 22.9. The Labute approximate surface area is 189 Å². The Hall–Kier alpha value is -4.00. The molecule has 33 heavy (non-hydrogen) atoms. The van der Waals surface area contributed by atoms with Gasteiger partial charge in [-0.15, -0.1) is 0 Å². The zero-order valence-corrected chi connectivity index (χ0v) is 18.3. The molecule has 4 aromatic rings. The van der Waals surface area contributed by atoms with Gasteiger partial charge in [-0.25, -0.2) is 4.79 Å². The average molecular weight is 446 g/mol. The molecule has 0 aliphatic carbocycles. The summed E-state index contributed by atoms with van der Waals surface area (Å²) in [6, 6.07) is 11.9. The van der Waals surface area contributed by atoms with Crippen molar-refractivity contribution in [3.05, 3.63) is 76.0 Å². The minimum atomic E-state index is -0.614. The second kappa shape index (κ2) is 8.50. The first kappa shape index (κ1) is 20.9. The molecule has 2 aromatic carbocycles. The summed E-state index contributed by atoms with van der Waals surface area (Å²) in [5, 5.41) is 0.414. The Bertz CT molecular complexity index is 1400. The second-order valence-electron chi connectivity index (χ2n) is 7.75. The molecule has 0 saturated heterocycles. The minimum Gasteiger partial charge on any atom is -0.490 e. The number of hydrogen-bond donors (Lipinski definition) is 0. The summed E-state index contributed by atoms with van der Waals surface area (Å²) in [6.45, 7) is 4.81. The predicted molar refractivity (Wildman–Crippen MR) is 121 cm³/mol. The third kappa shape index (κ3) is 3.86. The van der Waals surface area contributed by atoms with Crippen molar-refractivity contribution in [2.45, 2.75) is 26.7 Å². The molecule has 0 unspecified atom stereocenters. The lowest BCUT2D eigenvalue weighted by Gasteiger charge is -2.13. The van der Waals surface area contributed by atoms with E-state index in [1.54, 1.807) is 25.1 Å². The van der Waals surface area contributed by atoms with Gasteiger partial charge in [0.1, 0.15) is 17.1 Å². The first-order valence-electron chi connectivity index (χ1n) is 10.8. The van der Waals surface area contributed by atoms with Crippen molar-refractivity contribution in [2.24, 2.45) is 0 Å². The highest BCUT2D eigenvalue weighted by molar-refractivity contribution is 5.90. The van der Waals surface area contributed by atoms with Crippen LogP contribution < -0.4 is 19.6 Å². The number of furan rings is 1. The van der Waals surface area contributed by atoms with E-state index < -0.39 is 5.97 Å². The highest BCUT2D eigenvalue weighted by atomic mass is 16.5. The Morgan fingerprint density at radius 2 is 1.88 bits per heavy atom. The van der Waals surface area contributed by atoms with Crippen LogP contribution in [0.15, 0.2) is 62.4 Å². The molecule has 168 valence electrons. The van der Waals surface area contributed by atoms with Crippen LogP contribution in [-0.2, 0) is 6.42 Å². The van der Waals surface area contributed by atoms with Gasteiger partial charge in [-0.2, -0.15) is 0 Å². The van der Waals surface area contributed by atoms with Gasteiger partial charge in [0.05, 0.1) is 30.4 Å². The number of esters is 1. The topological polar surface area (TPSA) is 88.1 Å². The summed E-state index contributed by atoms with van der Waals surface area (Å²) in [5.74, 6) is 1.54. The number of carbonyl (C=O) groups is 1. The Balaban J connectivity index is 1.59. The largest absolute Gasteiger partial charge is 0.490 e. The number of rotatable bonds is 4. The lowest BCUT2D eigenvalue weighted by atomic mass is 10.0. The fourth-order valence-corrected chi connectivity index (χ4v) is 3.95. The van der Waals surface area contributed by atoms with Crippen molar-refractivity contribution in [3.8, 4) is 28.4 Å². The van der Waals surface area contributed by atoms with Crippen LogP contribution in [-0.4, -0.2) is 19.2 Å². The summed E-state index contributed by atoms with van der Waals surface area (Å²) < 4.78 is 28.1. The molecule has 0 spiro atoms. The van der Waals surface area contributed by atoms with Gasteiger partial charge in [-0.3, -0.25) is 4.79 Å². The second-order valence-corrected chi connectivity index (χ2v) is 7.75. The van der Waals surface area contributed by atoms with Gasteiger partial charge in [0, 0.05) is 12.5 Å². The first-order valence-corrected chi connectivity index (χ1v) is 10.8. The number of aryl methyl sites for hydroxylation is 2. The molecular weight excluding hydrogens is 424 g/mol.